The van der Waals surface area contributed by atoms with Gasteiger partial charge in [0.25, 0.3) is 0 Å². The number of aromatic nitrogens is 1. The summed E-state index contributed by atoms with van der Waals surface area (Å²) in [4.78, 5) is 17.9. The lowest BCUT2D eigenvalue weighted by molar-refractivity contribution is -0.131. The molecule has 0 spiro atoms. The number of nitrogens with one attached hydrogen (secondary N) is 2. The Balaban J connectivity index is 1.64. The van der Waals surface area contributed by atoms with Crippen LogP contribution in [0.5, 0.6) is 11.5 Å². The predicted molar refractivity (Wildman–Crippen MR) is 102 cm³/mol. The molecule has 5 rings (SSSR count). The molecule has 0 saturated carbocycles. The van der Waals surface area contributed by atoms with Gasteiger partial charge in [-0.1, -0.05) is 24.3 Å². The number of H-pyrrole nitrogens is 1. The van der Waals surface area contributed by atoms with E-state index in [0.29, 0.717) is 6.42 Å². The Kier molecular flexibility index (Phi) is 3.62. The summed E-state index contributed by atoms with van der Waals surface area (Å²) >= 11 is 0. The highest BCUT2D eigenvalue weighted by Gasteiger charge is 2.35. The van der Waals surface area contributed by atoms with Gasteiger partial charge in [0.2, 0.25) is 12.7 Å². The Bertz CT molecular complexity index is 1040. The van der Waals surface area contributed by atoms with Crippen LogP contribution < -0.4 is 14.8 Å². The molecular weight excluding hydrogens is 342 g/mol. The van der Waals surface area contributed by atoms with Crippen LogP contribution in [0, 0.1) is 0 Å². The van der Waals surface area contributed by atoms with Crippen molar-refractivity contribution in [3.63, 3.8) is 0 Å². The summed E-state index contributed by atoms with van der Waals surface area (Å²) in [6.07, 6.45) is 0.664. The minimum atomic E-state index is -0.276. The van der Waals surface area contributed by atoms with Gasteiger partial charge in [-0.15, -0.1) is 0 Å². The molecule has 3 aromatic rings. The van der Waals surface area contributed by atoms with Crippen LogP contribution in [0.25, 0.3) is 10.9 Å². The minimum Gasteiger partial charge on any atom is -0.454 e. The number of rotatable bonds is 2. The highest BCUT2D eigenvalue weighted by Crippen LogP contribution is 2.39. The molecule has 6 nitrogen and oxygen atoms in total. The molecule has 0 aliphatic carbocycles. The number of likely N-dealkylation sites (N-methyl/N-ethyl adjacent to an activating group) is 1. The lowest BCUT2D eigenvalue weighted by Crippen LogP contribution is -2.49. The maximum atomic E-state index is 12.7. The van der Waals surface area contributed by atoms with E-state index in [4.69, 9.17) is 9.47 Å². The first kappa shape index (κ1) is 16.2. The monoisotopic (exact) mass is 363 g/mol. The number of hydrogen-bond donors (Lipinski definition) is 2. The number of benzene rings is 2. The average molecular weight is 363 g/mol. The van der Waals surface area contributed by atoms with E-state index in [9.17, 15) is 4.79 Å². The largest absolute Gasteiger partial charge is 0.454 e. The summed E-state index contributed by atoms with van der Waals surface area (Å²) in [5, 5.41) is 4.72. The maximum absolute atomic E-state index is 12.7. The summed E-state index contributed by atoms with van der Waals surface area (Å²) < 4.78 is 11.0. The first-order valence-electron chi connectivity index (χ1n) is 9.08. The Morgan fingerprint density at radius 2 is 1.93 bits per heavy atom. The molecule has 27 heavy (non-hydrogen) atoms. The number of carbonyl (C=O) groups is 1. The summed E-state index contributed by atoms with van der Waals surface area (Å²) in [5.74, 6) is 1.58. The predicted octanol–water partition coefficient (Wildman–Crippen LogP) is 2.59. The van der Waals surface area contributed by atoms with E-state index in [0.717, 1.165) is 28.3 Å². The van der Waals surface area contributed by atoms with Crippen molar-refractivity contribution in [2.45, 2.75) is 18.5 Å². The highest BCUT2D eigenvalue weighted by molar-refractivity contribution is 5.88. The van der Waals surface area contributed by atoms with Crippen molar-refractivity contribution in [3.05, 3.63) is 59.3 Å². The van der Waals surface area contributed by atoms with Gasteiger partial charge in [0.15, 0.2) is 11.5 Å². The summed E-state index contributed by atoms with van der Waals surface area (Å²) in [6, 6.07) is 13.8. The van der Waals surface area contributed by atoms with Gasteiger partial charge in [-0.3, -0.25) is 10.1 Å². The molecule has 3 heterocycles. The molecule has 2 aliphatic rings. The zero-order chi connectivity index (χ0) is 18.5. The Morgan fingerprint density at radius 1 is 1.11 bits per heavy atom. The van der Waals surface area contributed by atoms with Crippen LogP contribution in [0.15, 0.2) is 42.5 Å². The van der Waals surface area contributed by atoms with E-state index in [2.05, 4.69) is 22.4 Å². The van der Waals surface area contributed by atoms with Gasteiger partial charge in [-0.05, 0) is 35.7 Å². The first-order chi connectivity index (χ1) is 13.1. The molecule has 2 atom stereocenters. The minimum absolute atomic E-state index is 0.0803. The molecule has 6 heteroatoms. The van der Waals surface area contributed by atoms with Crippen molar-refractivity contribution in [1.82, 2.24) is 15.2 Å². The lowest BCUT2D eigenvalue weighted by atomic mass is 9.89. The molecule has 2 aliphatic heterocycles. The van der Waals surface area contributed by atoms with E-state index in [1.165, 1.54) is 10.9 Å². The molecule has 1 amide bonds. The molecule has 0 bridgehead atoms. The SMILES string of the molecule is CN(C)C(=O)[C@H]1Cc2c([nH]c3ccccc23)[C@@H](c2ccc3c(c2)OCO3)N1. The molecule has 0 radical (unpaired) electrons. The zero-order valence-electron chi connectivity index (χ0n) is 15.3. The zero-order valence-corrected chi connectivity index (χ0v) is 15.3. The van der Waals surface area contributed by atoms with Crippen LogP contribution in [-0.2, 0) is 11.2 Å². The standard InChI is InChI=1S/C21H21N3O3/c1-24(2)21(25)16-10-14-13-5-3-4-6-15(13)22-20(14)19(23-16)12-7-8-17-18(9-12)27-11-26-17/h3-9,16,19,22-23H,10-11H2,1-2H3/t16-,19-/m1/s1. The molecule has 2 N–H and O–H groups in total. The van der Waals surface area contributed by atoms with E-state index < -0.39 is 0 Å². The Labute approximate surface area is 157 Å². The van der Waals surface area contributed by atoms with Gasteiger partial charge in [-0.25, -0.2) is 0 Å². The molecular formula is C21H21N3O3. The summed E-state index contributed by atoms with van der Waals surface area (Å²) in [5.41, 5.74) is 4.45. The fraction of sp³-hybridized carbons (Fsp3) is 0.286. The second-order valence-electron chi connectivity index (χ2n) is 7.26. The molecule has 1 aromatic heterocycles. The van der Waals surface area contributed by atoms with Crippen LogP contribution in [0.4, 0.5) is 0 Å². The number of para-hydroxylation sites is 1. The van der Waals surface area contributed by atoms with Crippen molar-refractivity contribution in [1.29, 1.82) is 0 Å². The molecule has 2 aromatic carbocycles. The number of hydrogen-bond acceptors (Lipinski definition) is 4. The van der Waals surface area contributed by atoms with Gasteiger partial charge in [0.05, 0.1) is 12.1 Å². The quantitative estimate of drug-likeness (QED) is 0.734. The van der Waals surface area contributed by atoms with Gasteiger partial charge in [0.1, 0.15) is 0 Å². The molecule has 0 saturated heterocycles. The lowest BCUT2D eigenvalue weighted by Gasteiger charge is -2.32. The number of nitrogens with zero attached hydrogens (tertiary/aromatic N) is 1. The van der Waals surface area contributed by atoms with Crippen LogP contribution in [0.3, 0.4) is 0 Å². The van der Waals surface area contributed by atoms with Crippen molar-refractivity contribution in [2.75, 3.05) is 20.9 Å². The van der Waals surface area contributed by atoms with Crippen molar-refractivity contribution >= 4 is 16.8 Å². The Morgan fingerprint density at radius 3 is 2.78 bits per heavy atom. The molecule has 0 unspecified atom stereocenters. The summed E-state index contributed by atoms with van der Waals surface area (Å²) in [6.45, 7) is 0.246. The number of carbonyl (C=O) groups excluding carboxylic acids is 1. The number of aromatic amines is 1. The normalized spacial score (nSPS) is 20.5. The summed E-state index contributed by atoms with van der Waals surface area (Å²) in [7, 11) is 3.59. The van der Waals surface area contributed by atoms with Crippen molar-refractivity contribution in [3.8, 4) is 11.5 Å². The van der Waals surface area contributed by atoms with Gasteiger partial charge >= 0.3 is 0 Å². The average Bonchev–Trinajstić information content (AvgIpc) is 3.30. The van der Waals surface area contributed by atoms with Crippen molar-refractivity contribution in [2.24, 2.45) is 0 Å². The molecule has 138 valence electrons. The highest BCUT2D eigenvalue weighted by atomic mass is 16.7. The van der Waals surface area contributed by atoms with E-state index in [1.54, 1.807) is 19.0 Å². The van der Waals surface area contributed by atoms with Crippen molar-refractivity contribution < 1.29 is 14.3 Å². The van der Waals surface area contributed by atoms with Gasteiger partial charge in [0, 0.05) is 30.7 Å². The van der Waals surface area contributed by atoms with Crippen LogP contribution in [0.2, 0.25) is 0 Å². The first-order valence-corrected chi connectivity index (χ1v) is 9.08. The van der Waals surface area contributed by atoms with Crippen LogP contribution in [-0.4, -0.2) is 42.7 Å². The van der Waals surface area contributed by atoms with Crippen LogP contribution in [0.1, 0.15) is 22.9 Å². The van der Waals surface area contributed by atoms with E-state index in [-0.39, 0.29) is 24.8 Å². The third kappa shape index (κ3) is 2.56. The second kappa shape index (κ2) is 6.03. The maximum Gasteiger partial charge on any atom is 0.239 e. The van der Waals surface area contributed by atoms with E-state index in [1.807, 2.05) is 30.3 Å². The topological polar surface area (TPSA) is 66.6 Å². The van der Waals surface area contributed by atoms with Crippen LogP contribution >= 0.6 is 0 Å². The third-order valence-electron chi connectivity index (χ3n) is 5.38. The fourth-order valence-electron chi connectivity index (χ4n) is 4.06. The number of ether oxygens (including phenoxy) is 2. The van der Waals surface area contributed by atoms with Gasteiger partial charge < -0.3 is 19.4 Å². The van der Waals surface area contributed by atoms with E-state index >= 15 is 0 Å². The number of fused-ring (bicyclic) bond motifs is 4. The molecule has 0 fully saturated rings. The number of amides is 1. The van der Waals surface area contributed by atoms with Gasteiger partial charge in [-0.2, -0.15) is 0 Å². The Hall–Kier alpha value is -2.99. The third-order valence-corrected chi connectivity index (χ3v) is 5.38. The second-order valence-corrected chi connectivity index (χ2v) is 7.26. The fourth-order valence-corrected chi connectivity index (χ4v) is 4.06. The smallest absolute Gasteiger partial charge is 0.239 e.